The van der Waals surface area contributed by atoms with Crippen LogP contribution in [0.1, 0.15) is 47.4 Å². The van der Waals surface area contributed by atoms with E-state index in [1.54, 1.807) is 19.1 Å². The Kier molecular flexibility index (Phi) is 7.84. The lowest BCUT2D eigenvalue weighted by Crippen LogP contribution is -2.32. The molecule has 9 heteroatoms. The molecular weight excluding hydrogens is 448 g/mol. The molecule has 1 heterocycles. The molecule has 0 bridgehead atoms. The molecule has 0 aliphatic carbocycles. The molecule has 2 aromatic rings. The van der Waals surface area contributed by atoms with Crippen LogP contribution in [-0.4, -0.2) is 37.0 Å². The zero-order valence-electron chi connectivity index (χ0n) is 18.2. The minimum absolute atomic E-state index is 0.0893. The van der Waals surface area contributed by atoms with E-state index in [2.05, 4.69) is 5.32 Å². The first-order chi connectivity index (χ1) is 15.9. The van der Waals surface area contributed by atoms with Crippen LogP contribution in [0.3, 0.4) is 0 Å². The summed E-state index contributed by atoms with van der Waals surface area (Å²) < 4.78 is 10.1. The average molecular weight is 471 g/mol. The smallest absolute Gasteiger partial charge is 0.338 e. The lowest BCUT2D eigenvalue weighted by atomic mass is 10.2. The number of esters is 2. The molecule has 1 N–H and O–H groups in total. The molecule has 0 fully saturated rings. The number of hydrogen-bond acceptors (Lipinski definition) is 7. The fraction of sp³-hybridized carbons (Fsp3) is 0.250. The van der Waals surface area contributed by atoms with Gasteiger partial charge >= 0.3 is 11.9 Å². The topological polar surface area (TPSA) is 102 Å². The lowest BCUT2D eigenvalue weighted by molar-refractivity contribution is -0.120. The third kappa shape index (κ3) is 5.40. The van der Waals surface area contributed by atoms with Gasteiger partial charge in [-0.1, -0.05) is 24.9 Å². The van der Waals surface area contributed by atoms with Crippen LogP contribution in [0.4, 0.5) is 11.4 Å². The number of nitrogens with zero attached hydrogens (tertiary/aromatic N) is 1. The van der Waals surface area contributed by atoms with Gasteiger partial charge in [-0.3, -0.25) is 9.59 Å². The van der Waals surface area contributed by atoms with Gasteiger partial charge in [0.25, 0.3) is 11.8 Å². The minimum Gasteiger partial charge on any atom is -0.462 e. The highest BCUT2D eigenvalue weighted by atomic mass is 35.5. The van der Waals surface area contributed by atoms with Crippen LogP contribution < -0.4 is 10.2 Å². The van der Waals surface area contributed by atoms with Gasteiger partial charge in [0.1, 0.15) is 10.7 Å². The van der Waals surface area contributed by atoms with Gasteiger partial charge in [-0.2, -0.15) is 0 Å². The summed E-state index contributed by atoms with van der Waals surface area (Å²) in [6.07, 6.45) is 1.68. The maximum absolute atomic E-state index is 12.9. The number of hydrogen-bond donors (Lipinski definition) is 1. The van der Waals surface area contributed by atoms with E-state index in [9.17, 15) is 19.2 Å². The highest BCUT2D eigenvalue weighted by Gasteiger charge is 2.39. The summed E-state index contributed by atoms with van der Waals surface area (Å²) in [5.41, 5.74) is 1.31. The molecule has 0 aromatic heterocycles. The minimum atomic E-state index is -0.689. The Balaban J connectivity index is 1.71. The van der Waals surface area contributed by atoms with Gasteiger partial charge in [-0.05, 0) is 61.9 Å². The Morgan fingerprint density at radius 1 is 0.879 bits per heavy atom. The second-order valence-electron chi connectivity index (χ2n) is 7.09. The van der Waals surface area contributed by atoms with Crippen molar-refractivity contribution >= 4 is 46.7 Å². The third-order valence-electron chi connectivity index (χ3n) is 4.78. The number of carbonyl (C=O) groups is 4. The Bertz CT molecular complexity index is 1090. The summed E-state index contributed by atoms with van der Waals surface area (Å²) in [5, 5.41) is 2.57. The summed E-state index contributed by atoms with van der Waals surface area (Å²) >= 11 is 6.15. The maximum atomic E-state index is 12.9. The number of nitrogens with one attached hydrogen (secondary N) is 1. The van der Waals surface area contributed by atoms with Crippen molar-refractivity contribution in [2.45, 2.75) is 26.7 Å². The lowest BCUT2D eigenvalue weighted by Gasteiger charge is -2.15. The molecule has 0 saturated carbocycles. The number of benzene rings is 2. The van der Waals surface area contributed by atoms with Crippen molar-refractivity contribution in [3.63, 3.8) is 0 Å². The predicted molar refractivity (Wildman–Crippen MR) is 123 cm³/mol. The van der Waals surface area contributed by atoms with Crippen LogP contribution in [0.2, 0.25) is 0 Å². The van der Waals surface area contributed by atoms with Crippen molar-refractivity contribution in [2.24, 2.45) is 0 Å². The second kappa shape index (κ2) is 10.8. The van der Waals surface area contributed by atoms with E-state index >= 15 is 0 Å². The van der Waals surface area contributed by atoms with Gasteiger partial charge in [-0.25, -0.2) is 14.5 Å². The normalized spacial score (nSPS) is 13.4. The Hall–Kier alpha value is -3.65. The van der Waals surface area contributed by atoms with Crippen molar-refractivity contribution < 1.29 is 28.7 Å². The number of rotatable bonds is 9. The average Bonchev–Trinajstić information content (AvgIpc) is 3.03. The largest absolute Gasteiger partial charge is 0.462 e. The van der Waals surface area contributed by atoms with Crippen molar-refractivity contribution in [1.82, 2.24) is 0 Å². The van der Waals surface area contributed by atoms with E-state index in [0.29, 0.717) is 23.4 Å². The van der Waals surface area contributed by atoms with Gasteiger partial charge in [0, 0.05) is 5.69 Å². The number of unbranched alkanes of at least 4 members (excludes halogenated alkanes) is 1. The fourth-order valence-electron chi connectivity index (χ4n) is 3.03. The van der Waals surface area contributed by atoms with Crippen molar-refractivity contribution in [2.75, 3.05) is 23.4 Å². The van der Waals surface area contributed by atoms with E-state index in [0.717, 1.165) is 17.7 Å². The molecule has 2 aromatic carbocycles. The van der Waals surface area contributed by atoms with Crippen LogP contribution >= 0.6 is 11.6 Å². The summed E-state index contributed by atoms with van der Waals surface area (Å²) in [4.78, 5) is 50.3. The van der Waals surface area contributed by atoms with E-state index in [-0.39, 0.29) is 23.0 Å². The number of imide groups is 1. The molecule has 0 spiro atoms. The first-order valence-electron chi connectivity index (χ1n) is 10.5. The number of ether oxygens (including phenoxy) is 2. The van der Waals surface area contributed by atoms with E-state index in [1.165, 1.54) is 36.4 Å². The zero-order chi connectivity index (χ0) is 24.0. The molecule has 8 nitrogen and oxygen atoms in total. The number of carbonyl (C=O) groups excluding carboxylic acids is 4. The predicted octanol–water partition coefficient (Wildman–Crippen LogP) is 4.26. The molecule has 0 radical (unpaired) electrons. The van der Waals surface area contributed by atoms with Crippen LogP contribution in [-0.2, 0) is 19.1 Å². The Labute approximate surface area is 196 Å². The van der Waals surface area contributed by atoms with Crippen LogP contribution in [0.25, 0.3) is 0 Å². The second-order valence-corrected chi connectivity index (χ2v) is 7.47. The monoisotopic (exact) mass is 470 g/mol. The van der Waals surface area contributed by atoms with Gasteiger partial charge < -0.3 is 14.8 Å². The molecule has 1 aliphatic heterocycles. The Morgan fingerprint density at radius 3 is 2.03 bits per heavy atom. The fourth-order valence-corrected chi connectivity index (χ4v) is 3.25. The van der Waals surface area contributed by atoms with Crippen molar-refractivity contribution in [3.8, 4) is 0 Å². The van der Waals surface area contributed by atoms with Crippen molar-refractivity contribution in [3.05, 3.63) is 70.4 Å². The molecule has 172 valence electrons. The van der Waals surface area contributed by atoms with E-state index in [4.69, 9.17) is 21.1 Å². The molecule has 0 saturated heterocycles. The van der Waals surface area contributed by atoms with Crippen LogP contribution in [0.5, 0.6) is 0 Å². The van der Waals surface area contributed by atoms with Crippen LogP contribution in [0, 0.1) is 0 Å². The highest BCUT2D eigenvalue weighted by molar-refractivity contribution is 6.53. The molecular formula is C24H23ClN2O6. The number of anilines is 2. The van der Waals surface area contributed by atoms with Gasteiger partial charge in [0.05, 0.1) is 30.0 Å². The first-order valence-corrected chi connectivity index (χ1v) is 10.8. The SMILES string of the molecule is CCCCOC(=O)c1ccc(N2C(=O)C(Cl)=C(Nc3ccc(C(=O)OCC)cc3)C2=O)cc1. The number of halogens is 1. The molecule has 3 rings (SSSR count). The highest BCUT2D eigenvalue weighted by Crippen LogP contribution is 2.30. The summed E-state index contributed by atoms with van der Waals surface area (Å²) in [7, 11) is 0. The summed E-state index contributed by atoms with van der Waals surface area (Å²) in [6.45, 7) is 4.29. The summed E-state index contributed by atoms with van der Waals surface area (Å²) in [6, 6.07) is 12.1. The first kappa shape index (κ1) is 24.0. The zero-order valence-corrected chi connectivity index (χ0v) is 19.0. The van der Waals surface area contributed by atoms with Crippen molar-refractivity contribution in [1.29, 1.82) is 0 Å². The van der Waals surface area contributed by atoms with Gasteiger partial charge in [-0.15, -0.1) is 0 Å². The molecule has 0 unspecified atom stereocenters. The Morgan fingerprint density at radius 2 is 1.45 bits per heavy atom. The molecule has 33 heavy (non-hydrogen) atoms. The standard InChI is InChI=1S/C24H23ClN2O6/c1-3-5-14-33-24(31)16-8-12-18(13-9-16)27-21(28)19(25)20(22(27)29)26-17-10-6-15(7-11-17)23(30)32-4-2/h6-13,26H,3-5,14H2,1-2H3. The number of amides is 2. The van der Waals surface area contributed by atoms with E-state index < -0.39 is 23.8 Å². The summed E-state index contributed by atoms with van der Waals surface area (Å²) in [5.74, 6) is -2.26. The third-order valence-corrected chi connectivity index (χ3v) is 5.14. The molecule has 1 aliphatic rings. The van der Waals surface area contributed by atoms with Crippen LogP contribution in [0.15, 0.2) is 59.3 Å². The van der Waals surface area contributed by atoms with Gasteiger partial charge in [0.15, 0.2) is 0 Å². The maximum Gasteiger partial charge on any atom is 0.338 e. The quantitative estimate of drug-likeness (QED) is 0.332. The molecule has 2 amide bonds. The van der Waals surface area contributed by atoms with E-state index in [1.807, 2.05) is 6.92 Å². The van der Waals surface area contributed by atoms with Gasteiger partial charge in [0.2, 0.25) is 0 Å². The molecule has 0 atom stereocenters.